The standard InChI is InChI=1S/C25H22ClN5OS/c1-2-22(18-9-5-3-6-10-18)27-28-23(32)17-33-25-30-29-24(19-11-7-4-8-12-19)31(25)21-15-13-20(26)14-16-21/h3-16H,2,17H2,1H3,(H,28,32)/b27-22-. The summed E-state index contributed by atoms with van der Waals surface area (Å²) in [5.41, 5.74) is 6.26. The van der Waals surface area contributed by atoms with Gasteiger partial charge in [-0.3, -0.25) is 9.36 Å². The molecule has 4 aromatic rings. The second-order valence-electron chi connectivity index (χ2n) is 7.09. The van der Waals surface area contributed by atoms with E-state index in [1.54, 1.807) is 0 Å². The number of thioether (sulfide) groups is 1. The third kappa shape index (κ3) is 5.69. The predicted octanol–water partition coefficient (Wildman–Crippen LogP) is 5.61. The Morgan fingerprint density at radius 3 is 2.30 bits per heavy atom. The molecule has 0 aliphatic rings. The van der Waals surface area contributed by atoms with E-state index in [2.05, 4.69) is 20.7 Å². The first kappa shape index (κ1) is 22.8. The average Bonchev–Trinajstić information content (AvgIpc) is 3.29. The fraction of sp³-hybridized carbons (Fsp3) is 0.120. The molecule has 33 heavy (non-hydrogen) atoms. The maximum absolute atomic E-state index is 12.5. The minimum atomic E-state index is -0.214. The third-order valence-corrected chi connectivity index (χ3v) is 6.02. The number of hydrazone groups is 1. The molecule has 0 radical (unpaired) electrons. The SMILES string of the molecule is CC/C(=N/NC(=O)CSc1nnc(-c2ccccc2)n1-c1ccc(Cl)cc1)c1ccccc1. The minimum Gasteiger partial charge on any atom is -0.272 e. The van der Waals surface area contributed by atoms with Crippen molar-refractivity contribution in [3.05, 3.63) is 95.5 Å². The Morgan fingerprint density at radius 2 is 1.64 bits per heavy atom. The maximum atomic E-state index is 12.5. The molecule has 1 heterocycles. The molecule has 3 aromatic carbocycles. The molecule has 166 valence electrons. The number of hydrogen-bond acceptors (Lipinski definition) is 5. The molecule has 0 aliphatic carbocycles. The highest BCUT2D eigenvalue weighted by Crippen LogP contribution is 2.28. The van der Waals surface area contributed by atoms with Crippen LogP contribution in [0.2, 0.25) is 5.02 Å². The normalized spacial score (nSPS) is 11.4. The average molecular weight is 476 g/mol. The Balaban J connectivity index is 1.53. The second kappa shape index (κ2) is 10.9. The molecule has 0 spiro atoms. The van der Waals surface area contributed by atoms with E-state index in [1.165, 1.54) is 11.8 Å². The van der Waals surface area contributed by atoms with Gasteiger partial charge in [0.15, 0.2) is 11.0 Å². The molecule has 0 fully saturated rings. The minimum absolute atomic E-state index is 0.149. The lowest BCUT2D eigenvalue weighted by atomic mass is 10.1. The van der Waals surface area contributed by atoms with E-state index in [1.807, 2.05) is 96.4 Å². The molecular formula is C25H22ClN5OS. The third-order valence-electron chi connectivity index (χ3n) is 4.84. The van der Waals surface area contributed by atoms with Gasteiger partial charge in [-0.2, -0.15) is 5.10 Å². The molecule has 8 heteroatoms. The lowest BCUT2D eigenvalue weighted by molar-refractivity contribution is -0.118. The molecule has 4 rings (SSSR count). The van der Waals surface area contributed by atoms with E-state index in [9.17, 15) is 4.79 Å². The van der Waals surface area contributed by atoms with Crippen molar-refractivity contribution in [1.29, 1.82) is 0 Å². The first-order valence-electron chi connectivity index (χ1n) is 10.5. The van der Waals surface area contributed by atoms with Crippen molar-refractivity contribution in [1.82, 2.24) is 20.2 Å². The molecule has 1 N–H and O–H groups in total. The van der Waals surface area contributed by atoms with Crippen molar-refractivity contribution < 1.29 is 4.79 Å². The summed E-state index contributed by atoms with van der Waals surface area (Å²) in [6.45, 7) is 2.01. The van der Waals surface area contributed by atoms with Crippen molar-refractivity contribution in [3.63, 3.8) is 0 Å². The van der Waals surface area contributed by atoms with Crippen molar-refractivity contribution in [2.45, 2.75) is 18.5 Å². The zero-order valence-corrected chi connectivity index (χ0v) is 19.6. The van der Waals surface area contributed by atoms with Crippen LogP contribution in [0.15, 0.2) is 95.2 Å². The fourth-order valence-corrected chi connectivity index (χ4v) is 4.10. The smallest absolute Gasteiger partial charge is 0.250 e. The van der Waals surface area contributed by atoms with E-state index >= 15 is 0 Å². The summed E-state index contributed by atoms with van der Waals surface area (Å²) in [7, 11) is 0. The molecule has 0 atom stereocenters. The van der Waals surface area contributed by atoms with Crippen LogP contribution in [0.4, 0.5) is 0 Å². The molecule has 0 aliphatic heterocycles. The number of aromatic nitrogens is 3. The quantitative estimate of drug-likeness (QED) is 0.204. The Labute approximate surface area is 201 Å². The Morgan fingerprint density at radius 1 is 0.970 bits per heavy atom. The lowest BCUT2D eigenvalue weighted by Crippen LogP contribution is -2.22. The van der Waals surface area contributed by atoms with Crippen LogP contribution in [0, 0.1) is 0 Å². The number of carbonyl (C=O) groups excluding carboxylic acids is 1. The van der Waals surface area contributed by atoms with Gasteiger partial charge in [-0.15, -0.1) is 10.2 Å². The van der Waals surface area contributed by atoms with Crippen LogP contribution in [0.5, 0.6) is 0 Å². The van der Waals surface area contributed by atoms with Gasteiger partial charge >= 0.3 is 0 Å². The Hall–Kier alpha value is -3.42. The number of benzene rings is 3. The molecule has 0 unspecified atom stereocenters. The van der Waals surface area contributed by atoms with Gasteiger partial charge in [0.25, 0.3) is 5.91 Å². The highest BCUT2D eigenvalue weighted by molar-refractivity contribution is 7.99. The Bertz CT molecular complexity index is 1240. The lowest BCUT2D eigenvalue weighted by Gasteiger charge is -2.10. The van der Waals surface area contributed by atoms with Gasteiger partial charge in [0.1, 0.15) is 0 Å². The zero-order valence-electron chi connectivity index (χ0n) is 18.0. The van der Waals surface area contributed by atoms with Gasteiger partial charge in [0, 0.05) is 16.3 Å². The number of amides is 1. The van der Waals surface area contributed by atoms with Gasteiger partial charge in [-0.05, 0) is 36.2 Å². The van der Waals surface area contributed by atoms with Crippen molar-refractivity contribution in [2.75, 3.05) is 5.75 Å². The van der Waals surface area contributed by atoms with Gasteiger partial charge in [-0.1, -0.05) is 91.0 Å². The largest absolute Gasteiger partial charge is 0.272 e. The summed E-state index contributed by atoms with van der Waals surface area (Å²) in [4.78, 5) is 12.5. The van der Waals surface area contributed by atoms with Crippen LogP contribution in [0.1, 0.15) is 18.9 Å². The van der Waals surface area contributed by atoms with E-state index in [-0.39, 0.29) is 11.7 Å². The number of hydrogen-bond donors (Lipinski definition) is 1. The molecular weight excluding hydrogens is 454 g/mol. The van der Waals surface area contributed by atoms with Crippen molar-refractivity contribution in [2.24, 2.45) is 5.10 Å². The monoisotopic (exact) mass is 475 g/mol. The zero-order chi connectivity index (χ0) is 23.0. The first-order chi connectivity index (χ1) is 16.2. The summed E-state index contributed by atoms with van der Waals surface area (Å²) in [5.74, 6) is 0.625. The highest BCUT2D eigenvalue weighted by Gasteiger charge is 2.17. The predicted molar refractivity (Wildman–Crippen MR) is 134 cm³/mol. The molecule has 0 saturated heterocycles. The van der Waals surface area contributed by atoms with E-state index in [0.717, 1.165) is 22.5 Å². The van der Waals surface area contributed by atoms with E-state index in [0.29, 0.717) is 22.4 Å². The summed E-state index contributed by atoms with van der Waals surface area (Å²) in [6, 6.07) is 27.0. The molecule has 6 nitrogen and oxygen atoms in total. The first-order valence-corrected chi connectivity index (χ1v) is 11.8. The molecule has 1 amide bonds. The fourth-order valence-electron chi connectivity index (χ4n) is 3.23. The second-order valence-corrected chi connectivity index (χ2v) is 8.46. The van der Waals surface area contributed by atoms with Gasteiger partial charge in [-0.25, -0.2) is 5.43 Å². The summed E-state index contributed by atoms with van der Waals surface area (Å²) in [5, 5.41) is 14.3. The van der Waals surface area contributed by atoms with Gasteiger partial charge < -0.3 is 0 Å². The van der Waals surface area contributed by atoms with E-state index < -0.39 is 0 Å². The molecule has 0 saturated carbocycles. The number of halogens is 1. The van der Waals surface area contributed by atoms with Crippen LogP contribution >= 0.6 is 23.4 Å². The molecule has 0 bridgehead atoms. The van der Waals surface area contributed by atoms with Crippen molar-refractivity contribution >= 4 is 35.0 Å². The van der Waals surface area contributed by atoms with Gasteiger partial charge in [0.2, 0.25) is 0 Å². The molecule has 1 aromatic heterocycles. The summed E-state index contributed by atoms with van der Waals surface area (Å²) in [6.07, 6.45) is 0.711. The van der Waals surface area contributed by atoms with Gasteiger partial charge in [0.05, 0.1) is 11.5 Å². The summed E-state index contributed by atoms with van der Waals surface area (Å²) >= 11 is 7.38. The van der Waals surface area contributed by atoms with Crippen LogP contribution in [-0.4, -0.2) is 32.1 Å². The highest BCUT2D eigenvalue weighted by atomic mass is 35.5. The number of nitrogens with one attached hydrogen (secondary N) is 1. The number of nitrogens with zero attached hydrogens (tertiary/aromatic N) is 4. The van der Waals surface area contributed by atoms with Crippen LogP contribution in [0.3, 0.4) is 0 Å². The Kier molecular flexibility index (Phi) is 7.55. The van der Waals surface area contributed by atoms with Crippen LogP contribution < -0.4 is 5.43 Å². The summed E-state index contributed by atoms with van der Waals surface area (Å²) < 4.78 is 1.92. The number of carbonyl (C=O) groups is 1. The van der Waals surface area contributed by atoms with E-state index in [4.69, 9.17) is 11.6 Å². The topological polar surface area (TPSA) is 72.2 Å². The van der Waals surface area contributed by atoms with Crippen LogP contribution in [0.25, 0.3) is 17.1 Å². The number of rotatable bonds is 8. The van der Waals surface area contributed by atoms with Crippen molar-refractivity contribution in [3.8, 4) is 17.1 Å². The van der Waals surface area contributed by atoms with Crippen LogP contribution in [-0.2, 0) is 4.79 Å². The maximum Gasteiger partial charge on any atom is 0.250 e.